The van der Waals surface area contributed by atoms with E-state index in [1.807, 2.05) is 11.8 Å². The zero-order valence-corrected chi connectivity index (χ0v) is 11.8. The quantitative estimate of drug-likeness (QED) is 0.760. The number of hydrogen-bond donors (Lipinski definition) is 1. The smallest absolute Gasteiger partial charge is 0.156 e. The van der Waals surface area contributed by atoms with Gasteiger partial charge < -0.3 is 5.32 Å². The highest BCUT2D eigenvalue weighted by Crippen LogP contribution is 2.38. The molecule has 0 bridgehead atoms. The topological polar surface area (TPSA) is 24.4 Å². The fourth-order valence-electron chi connectivity index (χ4n) is 2.47. The highest BCUT2D eigenvalue weighted by molar-refractivity contribution is 8.13. The molecule has 0 aromatic heterocycles. The van der Waals surface area contributed by atoms with Crippen LogP contribution < -0.4 is 5.32 Å². The molecule has 16 heavy (non-hydrogen) atoms. The molecular formula is C13H24N2S. The second kappa shape index (κ2) is 4.25. The van der Waals surface area contributed by atoms with E-state index in [0.717, 1.165) is 6.54 Å². The van der Waals surface area contributed by atoms with E-state index in [2.05, 4.69) is 38.0 Å². The lowest BCUT2D eigenvalue weighted by molar-refractivity contribution is 0.311. The maximum absolute atomic E-state index is 4.68. The minimum absolute atomic E-state index is 0.376. The van der Waals surface area contributed by atoms with Gasteiger partial charge in [-0.25, -0.2) is 0 Å². The molecule has 1 atom stereocenters. The molecule has 1 saturated carbocycles. The molecule has 0 aromatic carbocycles. The van der Waals surface area contributed by atoms with E-state index in [1.54, 1.807) is 0 Å². The van der Waals surface area contributed by atoms with Crippen molar-refractivity contribution in [2.45, 2.75) is 53.0 Å². The lowest BCUT2D eigenvalue weighted by atomic mass is 9.87. The number of aliphatic imine (C=N–C) groups is 1. The van der Waals surface area contributed by atoms with E-state index in [9.17, 15) is 0 Å². The van der Waals surface area contributed by atoms with Gasteiger partial charge in [0.1, 0.15) is 0 Å². The first-order valence-electron chi connectivity index (χ1n) is 6.33. The summed E-state index contributed by atoms with van der Waals surface area (Å²) in [6.07, 6.45) is 4.00. The van der Waals surface area contributed by atoms with Gasteiger partial charge in [0.2, 0.25) is 0 Å². The van der Waals surface area contributed by atoms with Crippen LogP contribution in [0.5, 0.6) is 0 Å². The minimum Gasteiger partial charge on any atom is -0.362 e. The summed E-state index contributed by atoms with van der Waals surface area (Å²) in [5, 5.41) is 4.84. The summed E-state index contributed by atoms with van der Waals surface area (Å²) in [7, 11) is 0. The predicted molar refractivity (Wildman–Crippen MR) is 73.1 cm³/mol. The van der Waals surface area contributed by atoms with Crippen molar-refractivity contribution < 1.29 is 0 Å². The van der Waals surface area contributed by atoms with Crippen LogP contribution in [0.15, 0.2) is 4.99 Å². The van der Waals surface area contributed by atoms with Gasteiger partial charge in [0.15, 0.2) is 5.17 Å². The highest BCUT2D eigenvalue weighted by Gasteiger charge is 2.35. The molecule has 0 saturated heterocycles. The molecular weight excluding hydrogens is 216 g/mol. The molecule has 0 spiro atoms. The summed E-state index contributed by atoms with van der Waals surface area (Å²) in [5.74, 6) is 1.19. The van der Waals surface area contributed by atoms with Crippen molar-refractivity contribution in [3.05, 3.63) is 0 Å². The summed E-state index contributed by atoms with van der Waals surface area (Å²) < 4.78 is 0. The van der Waals surface area contributed by atoms with Gasteiger partial charge >= 0.3 is 0 Å². The Labute approximate surface area is 104 Å². The van der Waals surface area contributed by atoms with Crippen LogP contribution >= 0.6 is 11.8 Å². The first-order valence-corrected chi connectivity index (χ1v) is 7.31. The number of rotatable bonds is 1. The fraction of sp³-hybridized carbons (Fsp3) is 0.923. The summed E-state index contributed by atoms with van der Waals surface area (Å²) in [6.45, 7) is 10.3. The molecule has 0 aromatic rings. The van der Waals surface area contributed by atoms with E-state index in [0.29, 0.717) is 16.9 Å². The lowest BCUT2D eigenvalue weighted by Crippen LogP contribution is -2.42. The fourth-order valence-corrected chi connectivity index (χ4v) is 3.47. The summed E-state index contributed by atoms with van der Waals surface area (Å²) in [4.78, 5) is 4.68. The minimum atomic E-state index is 0.376. The van der Waals surface area contributed by atoms with E-state index in [4.69, 9.17) is 0 Å². The monoisotopic (exact) mass is 240 g/mol. The standard InChI is InChI=1S/C13H24N2S/c1-12(2)8-14-11(16-9-12)15-10-6-5-7-13(10,3)4/h10H,5-9H2,1-4H3,(H,14,15). The third-order valence-corrected chi connectivity index (χ3v) is 5.25. The number of hydrogen-bond acceptors (Lipinski definition) is 3. The maximum atomic E-state index is 4.68. The van der Waals surface area contributed by atoms with Gasteiger partial charge in [-0.2, -0.15) is 0 Å². The van der Waals surface area contributed by atoms with E-state index >= 15 is 0 Å². The van der Waals surface area contributed by atoms with E-state index < -0.39 is 0 Å². The Morgan fingerprint density at radius 1 is 1.31 bits per heavy atom. The van der Waals surface area contributed by atoms with Gasteiger partial charge in [-0.05, 0) is 23.7 Å². The number of nitrogens with one attached hydrogen (secondary N) is 1. The first-order chi connectivity index (χ1) is 7.39. The van der Waals surface area contributed by atoms with Gasteiger partial charge in [-0.3, -0.25) is 4.99 Å². The number of thioether (sulfide) groups is 1. The molecule has 1 aliphatic carbocycles. The molecule has 1 fully saturated rings. The Bertz CT molecular complexity index is 294. The molecule has 1 N–H and O–H groups in total. The van der Waals surface area contributed by atoms with Crippen molar-refractivity contribution in [3.8, 4) is 0 Å². The summed E-state index contributed by atoms with van der Waals surface area (Å²) in [5.41, 5.74) is 0.817. The third-order valence-electron chi connectivity index (χ3n) is 3.81. The van der Waals surface area contributed by atoms with Crippen LogP contribution in [-0.2, 0) is 0 Å². The van der Waals surface area contributed by atoms with Crippen LogP contribution in [-0.4, -0.2) is 23.5 Å². The van der Waals surface area contributed by atoms with Gasteiger partial charge in [-0.15, -0.1) is 0 Å². The Hall–Kier alpha value is -0.180. The van der Waals surface area contributed by atoms with Crippen LogP contribution in [0, 0.1) is 10.8 Å². The Morgan fingerprint density at radius 3 is 2.56 bits per heavy atom. The number of nitrogens with zero attached hydrogens (tertiary/aromatic N) is 1. The Balaban J connectivity index is 1.94. The zero-order chi connectivity index (χ0) is 11.8. The van der Waals surface area contributed by atoms with Crippen LogP contribution in [0.4, 0.5) is 0 Å². The van der Waals surface area contributed by atoms with Crippen LogP contribution in [0.3, 0.4) is 0 Å². The number of amidine groups is 1. The molecule has 1 heterocycles. The molecule has 0 amide bonds. The van der Waals surface area contributed by atoms with Crippen molar-refractivity contribution in [1.29, 1.82) is 0 Å². The lowest BCUT2D eigenvalue weighted by Gasteiger charge is -2.32. The molecule has 3 heteroatoms. The second-order valence-corrected chi connectivity index (χ2v) is 7.62. The molecule has 2 aliphatic rings. The van der Waals surface area contributed by atoms with Gasteiger partial charge in [0.25, 0.3) is 0 Å². The van der Waals surface area contributed by atoms with Crippen molar-refractivity contribution in [3.63, 3.8) is 0 Å². The normalized spacial score (nSPS) is 32.2. The van der Waals surface area contributed by atoms with Crippen molar-refractivity contribution in [2.75, 3.05) is 12.3 Å². The van der Waals surface area contributed by atoms with Crippen LogP contribution in [0.2, 0.25) is 0 Å². The maximum Gasteiger partial charge on any atom is 0.156 e. The van der Waals surface area contributed by atoms with Gasteiger partial charge in [0, 0.05) is 18.3 Å². The van der Waals surface area contributed by atoms with Crippen molar-refractivity contribution in [2.24, 2.45) is 15.8 Å². The molecule has 2 nitrogen and oxygen atoms in total. The zero-order valence-electron chi connectivity index (χ0n) is 11.0. The molecule has 92 valence electrons. The molecule has 2 rings (SSSR count). The third kappa shape index (κ3) is 2.73. The average molecular weight is 240 g/mol. The SMILES string of the molecule is CC1(C)CN=C(NC2CCCC2(C)C)SC1. The van der Waals surface area contributed by atoms with Crippen molar-refractivity contribution in [1.82, 2.24) is 5.32 Å². The summed E-state index contributed by atoms with van der Waals surface area (Å²) in [6, 6.07) is 0.625. The highest BCUT2D eigenvalue weighted by atomic mass is 32.2. The molecule has 1 unspecified atom stereocenters. The Kier molecular flexibility index (Phi) is 3.26. The van der Waals surface area contributed by atoms with Gasteiger partial charge in [0.05, 0.1) is 0 Å². The van der Waals surface area contributed by atoms with Crippen LogP contribution in [0.1, 0.15) is 47.0 Å². The van der Waals surface area contributed by atoms with E-state index in [1.165, 1.54) is 30.2 Å². The van der Waals surface area contributed by atoms with Crippen LogP contribution in [0.25, 0.3) is 0 Å². The molecule has 0 radical (unpaired) electrons. The van der Waals surface area contributed by atoms with E-state index in [-0.39, 0.29) is 0 Å². The first kappa shape index (κ1) is 12.3. The van der Waals surface area contributed by atoms with Crippen molar-refractivity contribution >= 4 is 16.9 Å². The predicted octanol–water partition coefficient (Wildman–Crippen LogP) is 3.28. The summed E-state index contributed by atoms with van der Waals surface area (Å²) >= 11 is 1.90. The average Bonchev–Trinajstić information content (AvgIpc) is 2.50. The van der Waals surface area contributed by atoms with Gasteiger partial charge in [-0.1, -0.05) is 45.9 Å². The largest absolute Gasteiger partial charge is 0.362 e. The Morgan fingerprint density at radius 2 is 2.06 bits per heavy atom. The second-order valence-electron chi connectivity index (χ2n) is 6.65. The molecule has 1 aliphatic heterocycles.